The molecule has 1 saturated heterocycles. The van der Waals surface area contributed by atoms with Gasteiger partial charge in [-0.05, 0) is 50.1 Å². The average molecular weight is 551 g/mol. The molecule has 10 heteroatoms. The van der Waals surface area contributed by atoms with Crippen LogP contribution < -0.4 is 5.32 Å². The highest BCUT2D eigenvalue weighted by atomic mass is 19.4. The zero-order chi connectivity index (χ0) is 27.9. The van der Waals surface area contributed by atoms with Gasteiger partial charge >= 0.3 is 6.18 Å². The molecule has 3 heterocycles. The number of fused-ring (bicyclic) bond motifs is 3. The molecule has 2 aliphatic heterocycles. The number of halogens is 5. The Kier molecular flexibility index (Phi) is 7.90. The number of aliphatic hydroxyl groups excluding tert-OH is 1. The lowest BCUT2D eigenvalue weighted by Crippen LogP contribution is -2.54. The average Bonchev–Trinajstić information content (AvgIpc) is 3.21. The Morgan fingerprint density at radius 3 is 2.46 bits per heavy atom. The number of aromatic amines is 1. The number of para-hydroxylation sites is 1. The number of likely N-dealkylation sites (tertiary alicyclic amines) is 1. The van der Waals surface area contributed by atoms with E-state index in [1.165, 1.54) is 17.0 Å². The van der Waals surface area contributed by atoms with Crippen LogP contribution in [0.3, 0.4) is 0 Å². The summed E-state index contributed by atoms with van der Waals surface area (Å²) in [6, 6.07) is 8.41. The molecule has 3 aromatic rings. The number of anilines is 1. The molecular formula is C29H35F5N4O. The normalized spacial score (nSPS) is 21.6. The molecular weight excluding hydrogens is 515 g/mol. The summed E-state index contributed by atoms with van der Waals surface area (Å²) >= 11 is 0. The number of rotatable bonds is 9. The lowest BCUT2D eigenvalue weighted by atomic mass is 9.87. The first-order valence-electron chi connectivity index (χ1n) is 13.6. The minimum atomic E-state index is -4.65. The first kappa shape index (κ1) is 27.9. The number of H-pyrrole nitrogens is 1. The number of alkyl halides is 3. The fourth-order valence-electron chi connectivity index (χ4n) is 6.01. The van der Waals surface area contributed by atoms with Gasteiger partial charge in [-0.15, -0.1) is 0 Å². The van der Waals surface area contributed by atoms with Crippen LogP contribution in [0.5, 0.6) is 0 Å². The highest BCUT2D eigenvalue weighted by Gasteiger charge is 2.45. The zero-order valence-electron chi connectivity index (χ0n) is 22.2. The van der Waals surface area contributed by atoms with E-state index < -0.39 is 49.0 Å². The molecule has 0 bridgehead atoms. The van der Waals surface area contributed by atoms with Gasteiger partial charge in [0, 0.05) is 53.5 Å². The van der Waals surface area contributed by atoms with Crippen molar-refractivity contribution in [1.29, 1.82) is 0 Å². The molecule has 0 unspecified atom stereocenters. The number of aliphatic hydroxyl groups is 1. The van der Waals surface area contributed by atoms with E-state index in [2.05, 4.69) is 22.1 Å². The molecule has 3 N–H and O–H groups in total. The molecule has 212 valence electrons. The van der Waals surface area contributed by atoms with Crippen LogP contribution in [-0.4, -0.2) is 70.9 Å². The number of nitrogens with zero attached hydrogens (tertiary/aromatic N) is 2. The van der Waals surface area contributed by atoms with Gasteiger partial charge in [-0.3, -0.25) is 9.80 Å². The second-order valence-corrected chi connectivity index (χ2v) is 10.9. The molecule has 0 aliphatic carbocycles. The van der Waals surface area contributed by atoms with E-state index in [4.69, 9.17) is 0 Å². The lowest BCUT2D eigenvalue weighted by Gasteiger charge is -2.43. The van der Waals surface area contributed by atoms with E-state index in [9.17, 15) is 18.3 Å². The van der Waals surface area contributed by atoms with E-state index in [1.54, 1.807) is 6.92 Å². The smallest absolute Gasteiger partial charge is 0.395 e. The maximum atomic E-state index is 15.8. The van der Waals surface area contributed by atoms with Gasteiger partial charge < -0.3 is 15.4 Å². The number of hydrogen-bond donors (Lipinski definition) is 3. The van der Waals surface area contributed by atoms with Gasteiger partial charge in [0.1, 0.15) is 11.6 Å². The molecule has 0 radical (unpaired) electrons. The summed E-state index contributed by atoms with van der Waals surface area (Å²) in [5.41, 5.74) is 2.10. The number of nitrogens with one attached hydrogen (secondary N) is 2. The molecule has 5 nitrogen and oxygen atoms in total. The minimum Gasteiger partial charge on any atom is -0.396 e. The highest BCUT2D eigenvalue weighted by Crippen LogP contribution is 2.44. The number of hydrogen-bond acceptors (Lipinski definition) is 4. The lowest BCUT2D eigenvalue weighted by molar-refractivity contribution is -0.191. The minimum absolute atomic E-state index is 0.0788. The summed E-state index contributed by atoms with van der Waals surface area (Å²) in [4.78, 5) is 6.99. The summed E-state index contributed by atoms with van der Waals surface area (Å²) in [5, 5.41) is 13.6. The first-order chi connectivity index (χ1) is 18.6. The third kappa shape index (κ3) is 5.51. The van der Waals surface area contributed by atoms with Crippen LogP contribution in [0.2, 0.25) is 0 Å². The number of aromatic nitrogens is 1. The third-order valence-corrected chi connectivity index (χ3v) is 8.14. The monoisotopic (exact) mass is 550 g/mol. The van der Waals surface area contributed by atoms with Crippen molar-refractivity contribution < 1.29 is 27.1 Å². The Balaban J connectivity index is 1.51. The van der Waals surface area contributed by atoms with Gasteiger partial charge in [-0.1, -0.05) is 31.5 Å². The van der Waals surface area contributed by atoms with Crippen molar-refractivity contribution in [3.05, 3.63) is 64.9 Å². The highest BCUT2D eigenvalue weighted by molar-refractivity contribution is 5.85. The van der Waals surface area contributed by atoms with Crippen LogP contribution in [0.25, 0.3) is 10.9 Å². The van der Waals surface area contributed by atoms with E-state index in [0.717, 1.165) is 48.9 Å². The van der Waals surface area contributed by atoms with Gasteiger partial charge in [0.15, 0.2) is 0 Å². The Bertz CT molecular complexity index is 1280. The maximum Gasteiger partial charge on any atom is 0.395 e. The van der Waals surface area contributed by atoms with Gasteiger partial charge in [0.2, 0.25) is 0 Å². The van der Waals surface area contributed by atoms with Crippen LogP contribution in [-0.2, 0) is 6.42 Å². The van der Waals surface area contributed by atoms with Crippen molar-refractivity contribution in [2.24, 2.45) is 5.92 Å². The summed E-state index contributed by atoms with van der Waals surface area (Å²) in [7, 11) is 0. The zero-order valence-corrected chi connectivity index (χ0v) is 22.2. The van der Waals surface area contributed by atoms with E-state index in [1.807, 2.05) is 24.3 Å². The first-order valence-corrected chi connectivity index (χ1v) is 13.6. The van der Waals surface area contributed by atoms with Gasteiger partial charge in [-0.2, -0.15) is 13.2 Å². The summed E-state index contributed by atoms with van der Waals surface area (Å²) < 4.78 is 72.8. The molecule has 5 rings (SSSR count). The van der Waals surface area contributed by atoms with Crippen molar-refractivity contribution in [3.8, 4) is 0 Å². The molecule has 0 spiro atoms. The predicted molar refractivity (Wildman–Crippen MR) is 142 cm³/mol. The third-order valence-electron chi connectivity index (χ3n) is 8.14. The maximum absolute atomic E-state index is 15.8. The molecule has 0 saturated carbocycles. The van der Waals surface area contributed by atoms with Crippen LogP contribution in [0.1, 0.15) is 49.6 Å². The molecule has 39 heavy (non-hydrogen) atoms. The molecule has 1 aromatic heterocycles. The van der Waals surface area contributed by atoms with Gasteiger partial charge in [0.25, 0.3) is 0 Å². The topological polar surface area (TPSA) is 54.5 Å². The van der Waals surface area contributed by atoms with Crippen LogP contribution in [0.4, 0.5) is 27.6 Å². The second-order valence-electron chi connectivity index (χ2n) is 10.9. The Morgan fingerprint density at radius 2 is 1.82 bits per heavy atom. The van der Waals surface area contributed by atoms with Crippen LogP contribution in [0.15, 0.2) is 36.4 Å². The van der Waals surface area contributed by atoms with Crippen molar-refractivity contribution in [2.45, 2.75) is 57.4 Å². The summed E-state index contributed by atoms with van der Waals surface area (Å²) in [5.74, 6) is -3.68. The van der Waals surface area contributed by atoms with Crippen molar-refractivity contribution in [2.75, 3.05) is 38.1 Å². The van der Waals surface area contributed by atoms with Crippen molar-refractivity contribution in [3.63, 3.8) is 0 Å². The van der Waals surface area contributed by atoms with E-state index >= 15 is 8.78 Å². The standard InChI is InChI=1S/C29H35F5N4O/c1-3-4-9-37-14-20(15-37)35-19-11-23(30)26(24(31)12-19)28-27-22(21-7-5-6-8-25(21)36-27)10-17(2)38(28)13-18(16-39)29(32,33)34/h5-8,11-12,17-18,20,28,35-36,39H,3-4,9-10,13-16H2,1-2H3/t17-,18-,28-/m1/s1. The number of benzene rings is 2. The van der Waals surface area contributed by atoms with E-state index in [0.29, 0.717) is 17.8 Å². The predicted octanol–water partition coefficient (Wildman–Crippen LogP) is 5.85. The molecule has 3 atom stereocenters. The Morgan fingerprint density at radius 1 is 1.13 bits per heavy atom. The molecule has 2 aromatic carbocycles. The SMILES string of the molecule is CCCCN1CC(Nc2cc(F)c([C@@H]3c4[nH]c5ccccc5c4C[C@@H](C)N3C[C@H](CO)C(F)(F)F)c(F)c2)C1. The summed E-state index contributed by atoms with van der Waals surface area (Å²) in [6.07, 6.45) is -2.05. The van der Waals surface area contributed by atoms with E-state index in [-0.39, 0.29) is 11.6 Å². The van der Waals surface area contributed by atoms with Gasteiger partial charge in [0.05, 0.1) is 24.6 Å². The van der Waals surface area contributed by atoms with Crippen molar-refractivity contribution in [1.82, 2.24) is 14.8 Å². The van der Waals surface area contributed by atoms with Crippen LogP contribution in [0, 0.1) is 17.6 Å². The van der Waals surface area contributed by atoms with Crippen molar-refractivity contribution >= 4 is 16.6 Å². The Labute approximate surface area is 225 Å². The fraction of sp³-hybridized carbons (Fsp3) is 0.517. The second kappa shape index (κ2) is 11.1. The van der Waals surface area contributed by atoms with Gasteiger partial charge in [-0.25, -0.2) is 8.78 Å². The fourth-order valence-corrected chi connectivity index (χ4v) is 6.01. The summed E-state index contributed by atoms with van der Waals surface area (Å²) in [6.45, 7) is 4.76. The molecule has 2 aliphatic rings. The largest absolute Gasteiger partial charge is 0.396 e. The molecule has 1 fully saturated rings. The number of unbranched alkanes of at least 4 members (excludes halogenated alkanes) is 1. The van der Waals surface area contributed by atoms with Crippen LogP contribution >= 0.6 is 0 Å². The molecule has 0 amide bonds. The Hall–Kier alpha value is -2.69. The quantitative estimate of drug-likeness (QED) is 0.293.